The Bertz CT molecular complexity index is 986. The molecule has 3 nitrogen and oxygen atoms in total. The number of nitrogens with one attached hydrogen (secondary N) is 1. The van der Waals surface area contributed by atoms with Crippen LogP contribution in [0.3, 0.4) is 0 Å². The fourth-order valence-electron chi connectivity index (χ4n) is 4.12. The van der Waals surface area contributed by atoms with E-state index in [1.807, 2.05) is 13.8 Å². The highest BCUT2D eigenvalue weighted by atomic mass is 32.1. The molecule has 2 aromatic carbocycles. The Hall–Kier alpha value is -2.04. The van der Waals surface area contributed by atoms with Crippen LogP contribution in [0, 0.1) is 23.4 Å². The zero-order valence-electron chi connectivity index (χ0n) is 19.7. The lowest BCUT2D eigenvalue weighted by Gasteiger charge is -2.25. The van der Waals surface area contributed by atoms with E-state index < -0.39 is 48.2 Å². The number of thiol groups is 1. The van der Waals surface area contributed by atoms with Crippen LogP contribution in [-0.4, -0.2) is 49.0 Å². The first kappa shape index (κ1) is 29.2. The lowest BCUT2D eigenvalue weighted by atomic mass is 9.85. The first-order valence-corrected chi connectivity index (χ1v) is 11.8. The number of nitrogens with zero attached hydrogens (tertiary/aromatic N) is 1. The van der Waals surface area contributed by atoms with E-state index in [1.54, 1.807) is 0 Å². The summed E-state index contributed by atoms with van der Waals surface area (Å²) in [5.41, 5.74) is -0.171. The van der Waals surface area contributed by atoms with E-state index in [9.17, 15) is 31.1 Å². The predicted octanol–water partition coefficient (Wildman–Crippen LogP) is 6.03. The third kappa shape index (κ3) is 6.80. The summed E-state index contributed by atoms with van der Waals surface area (Å²) in [5, 5.41) is 0. The van der Waals surface area contributed by atoms with Gasteiger partial charge in [-0.15, -0.1) is 0 Å². The molecule has 0 spiro atoms. The van der Waals surface area contributed by atoms with E-state index in [-0.39, 0.29) is 29.0 Å². The summed E-state index contributed by atoms with van der Waals surface area (Å²) in [6.45, 7) is 3.52. The molecule has 2 aromatic rings. The molecule has 10 heteroatoms. The van der Waals surface area contributed by atoms with Gasteiger partial charge in [0, 0.05) is 23.1 Å². The zero-order chi connectivity index (χ0) is 26.3. The topological polar surface area (TPSA) is 32.3 Å². The molecule has 0 bridgehead atoms. The predicted molar refractivity (Wildman–Crippen MR) is 128 cm³/mol. The number of carbonyl (C=O) groups is 1. The van der Waals surface area contributed by atoms with Crippen molar-refractivity contribution in [1.82, 2.24) is 9.62 Å². The number of likely N-dealkylation sites (tertiary alicyclic amines) is 1. The first-order valence-electron chi connectivity index (χ1n) is 11.4. The quantitative estimate of drug-likeness (QED) is 0.287. The summed E-state index contributed by atoms with van der Waals surface area (Å²) in [6.07, 6.45) is 1.04. The van der Waals surface area contributed by atoms with E-state index in [1.165, 1.54) is 42.3 Å². The molecule has 2 unspecified atom stereocenters. The van der Waals surface area contributed by atoms with Gasteiger partial charge in [-0.2, -0.15) is 0 Å². The van der Waals surface area contributed by atoms with E-state index in [2.05, 4.69) is 17.5 Å². The van der Waals surface area contributed by atoms with Gasteiger partial charge in [0.25, 0.3) is 5.92 Å². The monoisotopic (exact) mass is 520 g/mol. The fraction of sp³-hybridized carbons (Fsp3) is 0.480. The molecule has 0 aromatic heterocycles. The van der Waals surface area contributed by atoms with E-state index in [0.29, 0.717) is 12.8 Å². The second kappa shape index (κ2) is 12.8. The number of carbonyl (C=O) groups excluding carboxylic acids is 1. The number of rotatable bonds is 5. The van der Waals surface area contributed by atoms with Crippen molar-refractivity contribution in [1.29, 1.82) is 0 Å². The molecule has 2 atom stereocenters. The molecule has 1 heterocycles. The van der Waals surface area contributed by atoms with Crippen molar-refractivity contribution in [3.05, 3.63) is 59.4 Å². The molecule has 2 aliphatic rings. The van der Waals surface area contributed by atoms with Crippen LogP contribution in [0.4, 0.5) is 26.3 Å². The van der Waals surface area contributed by atoms with E-state index in [4.69, 9.17) is 0 Å². The standard InChI is InChI=1S/C18H17F5N2S.C5H7FO.C2H6/c1-25-9-18(22,23)17(24-26)14(25)8-10-4-2-5-11(15(10)20)12-6-3-7-13(19)16(12)21;6-5-1-4(2-5)3-7;1-2/h2-7,14,17,24,26H,8-9H2,1H3;3-5H,1-2H2;1-2H3. The molecule has 1 saturated carbocycles. The molecule has 1 aliphatic heterocycles. The highest BCUT2D eigenvalue weighted by Gasteiger charge is 2.52. The van der Waals surface area contributed by atoms with Gasteiger partial charge in [-0.1, -0.05) is 57.0 Å². The lowest BCUT2D eigenvalue weighted by Crippen LogP contribution is -2.45. The average molecular weight is 521 g/mol. The van der Waals surface area contributed by atoms with Gasteiger partial charge in [0.05, 0.1) is 12.6 Å². The minimum absolute atomic E-state index is 0.0269. The second-order valence-corrected chi connectivity index (χ2v) is 8.66. The summed E-state index contributed by atoms with van der Waals surface area (Å²) < 4.78 is 84.5. The zero-order valence-corrected chi connectivity index (χ0v) is 20.6. The van der Waals surface area contributed by atoms with Crippen molar-refractivity contribution in [3.8, 4) is 11.1 Å². The molecule has 194 valence electrons. The third-order valence-electron chi connectivity index (χ3n) is 6.06. The van der Waals surface area contributed by atoms with Crippen LogP contribution in [0.5, 0.6) is 0 Å². The van der Waals surface area contributed by atoms with Crippen LogP contribution >= 0.6 is 12.8 Å². The van der Waals surface area contributed by atoms with E-state index >= 15 is 0 Å². The number of benzene rings is 2. The summed E-state index contributed by atoms with van der Waals surface area (Å²) in [7, 11) is 1.53. The molecule has 2 fully saturated rings. The van der Waals surface area contributed by atoms with Crippen LogP contribution in [-0.2, 0) is 11.2 Å². The molecule has 1 aliphatic carbocycles. The Morgan fingerprint density at radius 2 is 1.63 bits per heavy atom. The van der Waals surface area contributed by atoms with Crippen molar-refractivity contribution in [3.63, 3.8) is 0 Å². The Morgan fingerprint density at radius 1 is 1.06 bits per heavy atom. The summed E-state index contributed by atoms with van der Waals surface area (Å²) in [4.78, 5) is 11.2. The van der Waals surface area contributed by atoms with Gasteiger partial charge in [-0.25, -0.2) is 26.3 Å². The van der Waals surface area contributed by atoms with Crippen LogP contribution in [0.25, 0.3) is 11.1 Å². The second-order valence-electron chi connectivity index (χ2n) is 8.40. The first-order chi connectivity index (χ1) is 16.6. The van der Waals surface area contributed by atoms with Crippen LogP contribution in [0.15, 0.2) is 36.4 Å². The summed E-state index contributed by atoms with van der Waals surface area (Å²) in [6, 6.07) is 5.82. The van der Waals surface area contributed by atoms with Crippen molar-refractivity contribution >= 4 is 19.1 Å². The van der Waals surface area contributed by atoms with Gasteiger partial charge >= 0.3 is 0 Å². The highest BCUT2D eigenvalue weighted by Crippen LogP contribution is 2.35. The number of likely N-dealkylation sites (N-methyl/N-ethyl adjacent to an activating group) is 1. The number of aldehydes is 1. The number of hydrogen-bond donors (Lipinski definition) is 2. The SMILES string of the molecule is CC.CN1CC(F)(F)C(NS)C1Cc1cccc(-c2cccc(F)c2F)c1F.O=CC1CC(F)C1. The van der Waals surface area contributed by atoms with Crippen molar-refractivity contribution in [2.24, 2.45) is 5.92 Å². The lowest BCUT2D eigenvalue weighted by molar-refractivity contribution is -0.115. The Morgan fingerprint density at radius 3 is 2.14 bits per heavy atom. The Labute approximate surface area is 207 Å². The maximum Gasteiger partial charge on any atom is 0.277 e. The number of halogens is 6. The van der Waals surface area contributed by atoms with Crippen molar-refractivity contribution in [2.45, 2.75) is 57.3 Å². The third-order valence-corrected chi connectivity index (χ3v) is 6.34. The largest absolute Gasteiger partial charge is 0.303 e. The molecule has 0 amide bonds. The number of hydrogen-bond acceptors (Lipinski definition) is 4. The van der Waals surface area contributed by atoms with Crippen molar-refractivity contribution in [2.75, 3.05) is 13.6 Å². The van der Waals surface area contributed by atoms with Crippen LogP contribution in [0.2, 0.25) is 0 Å². The van der Waals surface area contributed by atoms with Gasteiger partial charge in [0.2, 0.25) is 0 Å². The Kier molecular flexibility index (Phi) is 10.7. The minimum Gasteiger partial charge on any atom is -0.303 e. The normalized spacial score (nSPS) is 25.0. The summed E-state index contributed by atoms with van der Waals surface area (Å²) in [5.74, 6) is -5.96. The molecular weight excluding hydrogens is 490 g/mol. The van der Waals surface area contributed by atoms with Gasteiger partial charge in [0.1, 0.15) is 18.3 Å². The fourth-order valence-corrected chi connectivity index (χ4v) is 4.48. The molecule has 1 N–H and O–H groups in total. The Balaban J connectivity index is 0.000000407. The molecule has 1 saturated heterocycles. The van der Waals surface area contributed by atoms with Gasteiger partial charge < -0.3 is 4.79 Å². The molecule has 35 heavy (non-hydrogen) atoms. The average Bonchev–Trinajstić information content (AvgIpc) is 3.03. The van der Waals surface area contributed by atoms with Gasteiger partial charge in [0.15, 0.2) is 11.6 Å². The number of alkyl halides is 3. The van der Waals surface area contributed by atoms with Crippen LogP contribution < -0.4 is 4.72 Å². The minimum atomic E-state index is -3.01. The maximum absolute atomic E-state index is 14.9. The highest BCUT2D eigenvalue weighted by molar-refractivity contribution is 7.78. The molecular formula is C25H30F6N2OS. The van der Waals surface area contributed by atoms with Gasteiger partial charge in [-0.3, -0.25) is 9.62 Å². The molecule has 0 radical (unpaired) electrons. The van der Waals surface area contributed by atoms with Crippen molar-refractivity contribution < 1.29 is 31.1 Å². The van der Waals surface area contributed by atoms with E-state index in [0.717, 1.165) is 12.4 Å². The summed E-state index contributed by atoms with van der Waals surface area (Å²) >= 11 is 3.78. The smallest absolute Gasteiger partial charge is 0.277 e. The van der Waals surface area contributed by atoms with Gasteiger partial charge in [-0.05, 0) is 37.9 Å². The van der Waals surface area contributed by atoms with Crippen LogP contribution in [0.1, 0.15) is 32.3 Å². The molecule has 4 rings (SSSR count). The maximum atomic E-state index is 14.9.